The number of fused-ring (bicyclic) bond motifs is 2. The van der Waals surface area contributed by atoms with E-state index in [1.807, 2.05) is 24.3 Å². The number of ether oxygens (including phenoxy) is 2. The van der Waals surface area contributed by atoms with Gasteiger partial charge in [-0.3, -0.25) is 14.7 Å². The molecule has 5 rings (SSSR count). The van der Waals surface area contributed by atoms with Gasteiger partial charge in [0.25, 0.3) is 5.91 Å². The zero-order chi connectivity index (χ0) is 20.5. The van der Waals surface area contributed by atoms with Crippen molar-refractivity contribution in [3.8, 4) is 11.5 Å². The number of hydrogen-bond donors (Lipinski definition) is 0. The van der Waals surface area contributed by atoms with Crippen molar-refractivity contribution in [3.05, 3.63) is 77.6 Å². The largest absolute Gasteiger partial charge is 0.454 e. The topological polar surface area (TPSA) is 64.6 Å². The number of hydrogen-bond acceptors (Lipinski definition) is 6. The molecule has 0 spiro atoms. The number of rotatable bonds is 5. The predicted molar refractivity (Wildman–Crippen MR) is 116 cm³/mol. The number of carbonyl (C=O) groups is 1. The minimum Gasteiger partial charge on any atom is -0.454 e. The van der Waals surface area contributed by atoms with Crippen LogP contribution in [0.3, 0.4) is 0 Å². The number of aryl methyl sites for hydroxylation is 1. The average Bonchev–Trinajstić information content (AvgIpc) is 3.43. The van der Waals surface area contributed by atoms with Gasteiger partial charge in [-0.05, 0) is 54.4 Å². The number of anilines is 1. The third-order valence-corrected chi connectivity index (χ3v) is 6.03. The van der Waals surface area contributed by atoms with E-state index in [0.717, 1.165) is 22.3 Å². The molecule has 0 fully saturated rings. The molecule has 1 aliphatic heterocycles. The van der Waals surface area contributed by atoms with Gasteiger partial charge in [-0.25, -0.2) is 4.98 Å². The predicted octanol–water partition coefficient (Wildman–Crippen LogP) is 4.83. The lowest BCUT2D eigenvalue weighted by atomic mass is 10.1. The van der Waals surface area contributed by atoms with Crippen molar-refractivity contribution in [2.45, 2.75) is 19.9 Å². The molecule has 1 amide bonds. The Kier molecular flexibility index (Phi) is 4.80. The summed E-state index contributed by atoms with van der Waals surface area (Å²) in [5.41, 5.74) is 3.44. The molecule has 0 bridgehead atoms. The minimum absolute atomic E-state index is 0.159. The molecule has 7 heteroatoms. The van der Waals surface area contributed by atoms with Gasteiger partial charge < -0.3 is 9.47 Å². The second-order valence-corrected chi connectivity index (χ2v) is 7.94. The summed E-state index contributed by atoms with van der Waals surface area (Å²) in [6, 6.07) is 17.1. The summed E-state index contributed by atoms with van der Waals surface area (Å²) in [6.45, 7) is 2.62. The molecule has 0 unspecified atom stereocenters. The van der Waals surface area contributed by atoms with Crippen LogP contribution in [0, 0.1) is 0 Å². The second-order valence-electron chi connectivity index (χ2n) is 6.93. The van der Waals surface area contributed by atoms with Crippen molar-refractivity contribution in [2.75, 3.05) is 11.7 Å². The molecule has 0 saturated heterocycles. The first-order valence-corrected chi connectivity index (χ1v) is 10.5. The van der Waals surface area contributed by atoms with Crippen LogP contribution < -0.4 is 14.4 Å². The Balaban J connectivity index is 1.55. The van der Waals surface area contributed by atoms with Gasteiger partial charge >= 0.3 is 0 Å². The monoisotopic (exact) mass is 417 g/mol. The molecule has 1 aliphatic rings. The smallest absolute Gasteiger partial charge is 0.260 e. The summed E-state index contributed by atoms with van der Waals surface area (Å²) in [5, 5.41) is 0.645. The Labute approximate surface area is 177 Å². The highest BCUT2D eigenvalue weighted by molar-refractivity contribution is 7.22. The van der Waals surface area contributed by atoms with Crippen molar-refractivity contribution in [1.29, 1.82) is 0 Å². The number of aromatic nitrogens is 2. The summed E-state index contributed by atoms with van der Waals surface area (Å²) >= 11 is 1.51. The lowest BCUT2D eigenvalue weighted by Gasteiger charge is -2.19. The summed E-state index contributed by atoms with van der Waals surface area (Å²) in [5.74, 6) is 1.07. The number of pyridine rings is 1. The fourth-order valence-electron chi connectivity index (χ4n) is 3.36. The minimum atomic E-state index is -0.159. The van der Waals surface area contributed by atoms with E-state index in [4.69, 9.17) is 14.5 Å². The molecule has 6 nitrogen and oxygen atoms in total. The second kappa shape index (κ2) is 7.76. The van der Waals surface area contributed by atoms with Crippen LogP contribution in [-0.2, 0) is 13.0 Å². The van der Waals surface area contributed by atoms with Gasteiger partial charge in [-0.1, -0.05) is 30.4 Å². The fourth-order valence-corrected chi connectivity index (χ4v) is 4.38. The Bertz CT molecular complexity index is 1220. The Hall–Kier alpha value is -3.45. The van der Waals surface area contributed by atoms with Crippen molar-refractivity contribution in [2.24, 2.45) is 0 Å². The Morgan fingerprint density at radius 1 is 1.10 bits per heavy atom. The van der Waals surface area contributed by atoms with Crippen LogP contribution in [0.25, 0.3) is 10.2 Å². The van der Waals surface area contributed by atoms with Crippen LogP contribution >= 0.6 is 11.3 Å². The van der Waals surface area contributed by atoms with Crippen LogP contribution in [0.4, 0.5) is 5.13 Å². The highest BCUT2D eigenvalue weighted by Crippen LogP contribution is 2.35. The highest BCUT2D eigenvalue weighted by Gasteiger charge is 2.24. The lowest BCUT2D eigenvalue weighted by molar-refractivity contribution is 0.0984. The molecule has 0 N–H and O–H groups in total. The van der Waals surface area contributed by atoms with Gasteiger partial charge in [0.1, 0.15) is 0 Å². The molecule has 3 heterocycles. The van der Waals surface area contributed by atoms with E-state index >= 15 is 0 Å². The maximum absolute atomic E-state index is 13.5. The standard InChI is InChI=1S/C23H19N3O3S/c1-2-15-6-8-18-21(11-15)30-23(25-18)26(13-17-5-3-4-10-24-17)22(27)16-7-9-19-20(12-16)29-14-28-19/h3-12H,2,13-14H2,1H3. The maximum Gasteiger partial charge on any atom is 0.260 e. The highest BCUT2D eigenvalue weighted by atomic mass is 32.1. The first-order valence-electron chi connectivity index (χ1n) is 9.72. The molecule has 150 valence electrons. The van der Waals surface area contributed by atoms with Crippen LogP contribution in [0.2, 0.25) is 0 Å². The quantitative estimate of drug-likeness (QED) is 0.465. The maximum atomic E-state index is 13.5. The summed E-state index contributed by atoms with van der Waals surface area (Å²) in [7, 11) is 0. The Morgan fingerprint density at radius 3 is 2.83 bits per heavy atom. The van der Waals surface area contributed by atoms with Gasteiger partial charge in [0, 0.05) is 11.8 Å². The molecule has 4 aromatic rings. The van der Waals surface area contributed by atoms with Crippen LogP contribution in [0.5, 0.6) is 11.5 Å². The van der Waals surface area contributed by atoms with E-state index in [-0.39, 0.29) is 12.7 Å². The molecule has 30 heavy (non-hydrogen) atoms. The summed E-state index contributed by atoms with van der Waals surface area (Å²) < 4.78 is 11.9. The number of amides is 1. The molecule has 0 saturated carbocycles. The van der Waals surface area contributed by atoms with Crippen molar-refractivity contribution < 1.29 is 14.3 Å². The van der Waals surface area contributed by atoms with E-state index in [2.05, 4.69) is 24.0 Å². The van der Waals surface area contributed by atoms with Crippen molar-refractivity contribution in [3.63, 3.8) is 0 Å². The van der Waals surface area contributed by atoms with Gasteiger partial charge in [0.05, 0.1) is 22.5 Å². The molecule has 0 aliphatic carbocycles. The van der Waals surface area contributed by atoms with Crippen LogP contribution in [-0.4, -0.2) is 22.7 Å². The number of carbonyl (C=O) groups excluding carboxylic acids is 1. The van der Waals surface area contributed by atoms with Crippen LogP contribution in [0.15, 0.2) is 60.8 Å². The zero-order valence-corrected chi connectivity index (χ0v) is 17.2. The molecular weight excluding hydrogens is 398 g/mol. The van der Waals surface area contributed by atoms with E-state index in [1.165, 1.54) is 16.9 Å². The lowest BCUT2D eigenvalue weighted by Crippen LogP contribution is -2.30. The van der Waals surface area contributed by atoms with E-state index in [0.29, 0.717) is 28.7 Å². The Morgan fingerprint density at radius 2 is 2.00 bits per heavy atom. The first kappa shape index (κ1) is 18.6. The number of nitrogens with zero attached hydrogens (tertiary/aromatic N) is 3. The SMILES string of the molecule is CCc1ccc2nc(N(Cc3ccccn3)C(=O)c3ccc4c(c3)OCO4)sc2c1. The molecule has 2 aromatic carbocycles. The third kappa shape index (κ3) is 3.48. The van der Waals surface area contributed by atoms with Gasteiger partial charge in [0.15, 0.2) is 16.6 Å². The van der Waals surface area contributed by atoms with E-state index in [9.17, 15) is 4.79 Å². The van der Waals surface area contributed by atoms with Crippen molar-refractivity contribution >= 4 is 32.6 Å². The fraction of sp³-hybridized carbons (Fsp3) is 0.174. The third-order valence-electron chi connectivity index (χ3n) is 4.99. The van der Waals surface area contributed by atoms with Crippen molar-refractivity contribution in [1.82, 2.24) is 9.97 Å². The molecule has 2 aromatic heterocycles. The van der Waals surface area contributed by atoms with Crippen LogP contribution in [0.1, 0.15) is 28.5 Å². The van der Waals surface area contributed by atoms with Gasteiger partial charge in [-0.2, -0.15) is 0 Å². The zero-order valence-electron chi connectivity index (χ0n) is 16.4. The first-order chi connectivity index (χ1) is 14.7. The molecule has 0 radical (unpaired) electrons. The molecular formula is C23H19N3O3S. The normalized spacial score (nSPS) is 12.3. The average molecular weight is 417 g/mol. The summed E-state index contributed by atoms with van der Waals surface area (Å²) in [4.78, 5) is 24.3. The van der Waals surface area contributed by atoms with Gasteiger partial charge in [0.2, 0.25) is 6.79 Å². The number of benzene rings is 2. The molecule has 0 atom stereocenters. The summed E-state index contributed by atoms with van der Waals surface area (Å²) in [6.07, 6.45) is 2.68. The van der Waals surface area contributed by atoms with E-state index < -0.39 is 0 Å². The van der Waals surface area contributed by atoms with E-state index in [1.54, 1.807) is 29.3 Å². The van der Waals surface area contributed by atoms with Gasteiger partial charge in [-0.15, -0.1) is 0 Å². The number of thiazole rings is 1.